The summed E-state index contributed by atoms with van der Waals surface area (Å²) < 4.78 is 6.18. The van der Waals surface area contributed by atoms with Gasteiger partial charge in [0.25, 0.3) is 0 Å². The Kier molecular flexibility index (Phi) is 7.26. The average molecular weight is 482 g/mol. The van der Waals surface area contributed by atoms with Gasteiger partial charge in [0, 0.05) is 55.4 Å². The Morgan fingerprint density at radius 1 is 0.944 bits per heavy atom. The first kappa shape index (κ1) is 24.0. The van der Waals surface area contributed by atoms with Gasteiger partial charge in [0.15, 0.2) is 5.78 Å². The van der Waals surface area contributed by atoms with Crippen molar-refractivity contribution in [3.05, 3.63) is 102 Å². The van der Waals surface area contributed by atoms with Crippen LogP contribution in [0.25, 0.3) is 10.8 Å². The fourth-order valence-electron chi connectivity index (χ4n) is 4.84. The molecule has 1 aliphatic rings. The number of aliphatic hydroxyl groups excluding tert-OH is 1. The fourth-order valence-corrected chi connectivity index (χ4v) is 4.84. The number of fused-ring (bicyclic) bond motifs is 1. The third-order valence-electron chi connectivity index (χ3n) is 6.70. The first-order valence-electron chi connectivity index (χ1n) is 12.4. The van der Waals surface area contributed by atoms with Crippen molar-refractivity contribution in [1.82, 2.24) is 9.88 Å². The molecule has 5 rings (SSSR count). The highest BCUT2D eigenvalue weighted by Crippen LogP contribution is 2.33. The van der Waals surface area contributed by atoms with Crippen LogP contribution >= 0.6 is 0 Å². The number of nitrogens with zero attached hydrogens (tertiary/aromatic N) is 3. The molecule has 2 heterocycles. The Morgan fingerprint density at radius 2 is 1.64 bits per heavy atom. The predicted molar refractivity (Wildman–Crippen MR) is 143 cm³/mol. The highest BCUT2D eigenvalue weighted by atomic mass is 16.5. The second kappa shape index (κ2) is 10.9. The zero-order chi connectivity index (χ0) is 24.9. The lowest BCUT2D eigenvalue weighted by atomic mass is 9.94. The molecular formula is C30H31N3O3. The van der Waals surface area contributed by atoms with Gasteiger partial charge in [-0.25, -0.2) is 4.98 Å². The molecule has 3 aromatic carbocycles. The minimum absolute atomic E-state index is 0.00803. The van der Waals surface area contributed by atoms with E-state index in [2.05, 4.69) is 14.8 Å². The summed E-state index contributed by atoms with van der Waals surface area (Å²) in [5, 5.41) is 12.5. The van der Waals surface area contributed by atoms with E-state index in [9.17, 15) is 9.90 Å². The van der Waals surface area contributed by atoms with Crippen LogP contribution in [0.4, 0.5) is 5.82 Å². The first-order valence-corrected chi connectivity index (χ1v) is 12.4. The molecule has 184 valence electrons. The quantitative estimate of drug-likeness (QED) is 0.378. The van der Waals surface area contributed by atoms with Gasteiger partial charge in [-0.3, -0.25) is 9.69 Å². The number of carbonyl (C=O) groups is 1. The van der Waals surface area contributed by atoms with Gasteiger partial charge in [-0.2, -0.15) is 0 Å². The van der Waals surface area contributed by atoms with E-state index < -0.39 is 6.10 Å². The van der Waals surface area contributed by atoms with Gasteiger partial charge in [-0.15, -0.1) is 0 Å². The minimum atomic E-state index is -0.616. The van der Waals surface area contributed by atoms with Gasteiger partial charge in [-0.1, -0.05) is 60.7 Å². The molecule has 1 atom stereocenters. The molecule has 1 fully saturated rings. The summed E-state index contributed by atoms with van der Waals surface area (Å²) in [6, 6.07) is 25.0. The van der Waals surface area contributed by atoms with Gasteiger partial charge >= 0.3 is 0 Å². The number of β-amino-alcohol motifs (C(OH)–C–C–N with tert-alkyl or cyclic N) is 1. The fraction of sp³-hybridized carbons (Fsp3) is 0.267. The number of carbonyl (C=O) groups excluding carboxylic acids is 1. The lowest BCUT2D eigenvalue weighted by Gasteiger charge is -2.36. The molecule has 4 aromatic rings. The van der Waals surface area contributed by atoms with E-state index in [0.717, 1.165) is 48.3 Å². The zero-order valence-electron chi connectivity index (χ0n) is 20.5. The van der Waals surface area contributed by atoms with Crippen LogP contribution in [0.3, 0.4) is 0 Å². The summed E-state index contributed by atoms with van der Waals surface area (Å²) in [5.74, 6) is 1.71. The average Bonchev–Trinajstić information content (AvgIpc) is 2.93. The molecule has 6 nitrogen and oxygen atoms in total. The molecule has 1 saturated heterocycles. The Hall–Kier alpha value is -3.74. The monoisotopic (exact) mass is 481 g/mol. The molecule has 0 aliphatic carbocycles. The van der Waals surface area contributed by atoms with Crippen molar-refractivity contribution in [3.63, 3.8) is 0 Å². The van der Waals surface area contributed by atoms with E-state index in [-0.39, 0.29) is 12.4 Å². The lowest BCUT2D eigenvalue weighted by molar-refractivity contribution is 0.0665. The van der Waals surface area contributed by atoms with E-state index in [4.69, 9.17) is 4.74 Å². The smallest absolute Gasteiger partial charge is 0.193 e. The first-order chi connectivity index (χ1) is 17.6. The van der Waals surface area contributed by atoms with Crippen LogP contribution in [-0.4, -0.2) is 66.2 Å². The number of hydrogen-bond donors (Lipinski definition) is 1. The standard InChI is InChI=1S/C30H31N3O3/c1-22-19-27(29(35)23-9-3-2-4-10-23)25-11-5-6-12-26(25)30(22)36-21-24(34)20-32-15-17-33(18-16-32)28-13-7-8-14-31-28/h2-14,19,24,34H,15-18,20-21H2,1H3. The summed E-state index contributed by atoms with van der Waals surface area (Å²) in [5.41, 5.74) is 2.20. The number of anilines is 1. The van der Waals surface area contributed by atoms with Crippen LogP contribution in [0.5, 0.6) is 5.75 Å². The molecule has 0 radical (unpaired) electrons. The van der Waals surface area contributed by atoms with Crippen molar-refractivity contribution in [1.29, 1.82) is 0 Å². The van der Waals surface area contributed by atoms with Crippen molar-refractivity contribution in [2.24, 2.45) is 0 Å². The van der Waals surface area contributed by atoms with Crippen molar-refractivity contribution in [2.45, 2.75) is 13.0 Å². The van der Waals surface area contributed by atoms with Crippen molar-refractivity contribution in [2.75, 3.05) is 44.2 Å². The number of ketones is 1. The molecule has 1 N–H and O–H groups in total. The van der Waals surface area contributed by atoms with Crippen molar-refractivity contribution >= 4 is 22.4 Å². The molecule has 0 bridgehead atoms. The maximum atomic E-state index is 13.2. The zero-order valence-corrected chi connectivity index (χ0v) is 20.5. The Labute approximate surface area is 211 Å². The number of ether oxygens (including phenoxy) is 1. The minimum Gasteiger partial charge on any atom is -0.490 e. The van der Waals surface area contributed by atoms with E-state index in [0.29, 0.717) is 23.4 Å². The van der Waals surface area contributed by atoms with Gasteiger partial charge in [0.2, 0.25) is 0 Å². The second-order valence-electron chi connectivity index (χ2n) is 9.25. The van der Waals surface area contributed by atoms with Crippen molar-refractivity contribution in [3.8, 4) is 5.75 Å². The van der Waals surface area contributed by atoms with E-state index in [1.54, 1.807) is 0 Å². The summed E-state index contributed by atoms with van der Waals surface area (Å²) in [6.07, 6.45) is 1.20. The largest absolute Gasteiger partial charge is 0.490 e. The molecular weight excluding hydrogens is 450 g/mol. The van der Waals surface area contributed by atoms with Gasteiger partial charge < -0.3 is 14.7 Å². The topological polar surface area (TPSA) is 65.9 Å². The SMILES string of the molecule is Cc1cc(C(=O)c2ccccc2)c2ccccc2c1OCC(O)CN1CCN(c2ccccn2)CC1. The van der Waals surface area contributed by atoms with Gasteiger partial charge in [0.1, 0.15) is 24.3 Å². The summed E-state index contributed by atoms with van der Waals surface area (Å²) in [4.78, 5) is 22.2. The number of piperazine rings is 1. The third-order valence-corrected chi connectivity index (χ3v) is 6.70. The second-order valence-corrected chi connectivity index (χ2v) is 9.25. The van der Waals surface area contributed by atoms with Crippen LogP contribution in [0.1, 0.15) is 21.5 Å². The number of hydrogen-bond acceptors (Lipinski definition) is 6. The molecule has 0 saturated carbocycles. The van der Waals surface area contributed by atoms with Gasteiger partial charge in [0.05, 0.1) is 0 Å². The summed E-state index contributed by atoms with van der Waals surface area (Å²) in [7, 11) is 0. The summed E-state index contributed by atoms with van der Waals surface area (Å²) >= 11 is 0. The molecule has 1 unspecified atom stereocenters. The van der Waals surface area contributed by atoms with E-state index in [1.165, 1.54) is 0 Å². The Morgan fingerprint density at radius 3 is 2.36 bits per heavy atom. The molecule has 0 amide bonds. The number of pyridine rings is 1. The molecule has 6 heteroatoms. The molecule has 1 aliphatic heterocycles. The number of aliphatic hydroxyl groups is 1. The highest BCUT2D eigenvalue weighted by Gasteiger charge is 2.21. The van der Waals surface area contributed by atoms with Gasteiger partial charge in [-0.05, 0) is 36.1 Å². The van der Waals surface area contributed by atoms with Crippen LogP contribution in [-0.2, 0) is 0 Å². The Balaban J connectivity index is 1.24. The normalized spacial score (nSPS) is 15.1. The number of aromatic nitrogens is 1. The maximum Gasteiger partial charge on any atom is 0.193 e. The molecule has 36 heavy (non-hydrogen) atoms. The maximum absolute atomic E-state index is 13.2. The van der Waals surface area contributed by atoms with Crippen LogP contribution < -0.4 is 9.64 Å². The van der Waals surface area contributed by atoms with Crippen molar-refractivity contribution < 1.29 is 14.6 Å². The highest BCUT2D eigenvalue weighted by molar-refractivity contribution is 6.17. The van der Waals surface area contributed by atoms with Crippen LogP contribution in [0.2, 0.25) is 0 Å². The number of aryl methyl sites for hydroxylation is 1. The summed E-state index contributed by atoms with van der Waals surface area (Å²) in [6.45, 7) is 6.19. The lowest BCUT2D eigenvalue weighted by Crippen LogP contribution is -2.49. The van der Waals surface area contributed by atoms with Crippen LogP contribution in [0.15, 0.2) is 85.1 Å². The Bertz CT molecular complexity index is 1320. The number of benzene rings is 3. The van der Waals surface area contributed by atoms with E-state index in [1.807, 2.05) is 92.0 Å². The molecule has 0 spiro atoms. The van der Waals surface area contributed by atoms with E-state index >= 15 is 0 Å². The van der Waals surface area contributed by atoms with Crippen LogP contribution in [0, 0.1) is 6.92 Å². The molecule has 1 aromatic heterocycles. The number of rotatable bonds is 8. The predicted octanol–water partition coefficient (Wildman–Crippen LogP) is 4.34. The third kappa shape index (κ3) is 5.25.